The number of ether oxygens (including phenoxy) is 1. The summed E-state index contributed by atoms with van der Waals surface area (Å²) >= 11 is 0. The second-order valence-electron chi connectivity index (χ2n) is 4.03. The zero-order chi connectivity index (χ0) is 20.5. The van der Waals surface area contributed by atoms with Gasteiger partial charge in [0.05, 0.1) is 12.5 Å². The number of carbonyl (C=O) groups is 1. The number of hydrogen-bond donors (Lipinski definition) is 4. The van der Waals surface area contributed by atoms with Crippen LogP contribution in [0.4, 0.5) is 23.7 Å². The van der Waals surface area contributed by atoms with Crippen molar-refractivity contribution < 1.29 is 48.6 Å². The summed E-state index contributed by atoms with van der Waals surface area (Å²) in [5, 5.41) is 2.20. The Bertz CT molecular complexity index is 699. The van der Waals surface area contributed by atoms with Crippen molar-refractivity contribution in [3.8, 4) is 5.75 Å². The van der Waals surface area contributed by atoms with E-state index in [1.807, 2.05) is 0 Å². The fourth-order valence-corrected chi connectivity index (χ4v) is 0.882. The van der Waals surface area contributed by atoms with Gasteiger partial charge in [0.1, 0.15) is 5.75 Å². The van der Waals surface area contributed by atoms with Crippen LogP contribution in [0.1, 0.15) is 0 Å². The van der Waals surface area contributed by atoms with Crippen LogP contribution in [0.2, 0.25) is 0 Å². The Morgan fingerprint density at radius 1 is 1.04 bits per heavy atom. The van der Waals surface area contributed by atoms with Crippen LogP contribution in [-0.2, 0) is 20.2 Å². The molecule has 15 heteroatoms. The molecule has 0 radical (unpaired) electrons. The molecule has 146 valence electrons. The second-order valence-corrected chi connectivity index (χ2v) is 6.96. The summed E-state index contributed by atoms with van der Waals surface area (Å²) in [5.74, 6) is -0.363. The number of rotatable bonds is 2. The number of benzene rings is 1. The predicted octanol–water partition coefficient (Wildman–Crippen LogP) is 1.08. The summed E-state index contributed by atoms with van der Waals surface area (Å²) in [6.45, 7) is 0. The van der Waals surface area contributed by atoms with E-state index in [1.165, 1.54) is 12.1 Å². The Hall–Kier alpha value is -2.10. The molecule has 0 saturated heterocycles. The molecule has 0 saturated carbocycles. The van der Waals surface area contributed by atoms with Gasteiger partial charge in [0.2, 0.25) is 0 Å². The van der Waals surface area contributed by atoms with Crippen molar-refractivity contribution in [1.82, 2.24) is 0 Å². The third-order valence-corrected chi connectivity index (χ3v) is 1.36. The highest BCUT2D eigenvalue weighted by Crippen LogP contribution is 2.23. The molecule has 25 heavy (non-hydrogen) atoms. The topological polar surface area (TPSA) is 173 Å². The van der Waals surface area contributed by atoms with Crippen molar-refractivity contribution in [1.29, 1.82) is 0 Å². The van der Waals surface area contributed by atoms with Gasteiger partial charge in [-0.05, 0) is 24.3 Å². The first-order valence-electron chi connectivity index (χ1n) is 5.64. The summed E-state index contributed by atoms with van der Waals surface area (Å²) < 4.78 is 90.6. The molecule has 10 nitrogen and oxygen atoms in total. The van der Waals surface area contributed by atoms with Gasteiger partial charge in [0, 0.05) is 5.69 Å². The number of carbonyl (C=O) groups excluding carboxylic acids is 1. The molecule has 0 aromatic heterocycles. The highest BCUT2D eigenvalue weighted by atomic mass is 32.2. The molecule has 0 aliphatic rings. The van der Waals surface area contributed by atoms with E-state index >= 15 is 0 Å². The van der Waals surface area contributed by atoms with E-state index in [0.29, 0.717) is 12.5 Å². The number of nitrogens with one attached hydrogen (secondary N) is 1. The lowest BCUT2D eigenvalue weighted by atomic mass is 10.3. The average molecular weight is 412 g/mol. The first-order chi connectivity index (χ1) is 10.9. The lowest BCUT2D eigenvalue weighted by Gasteiger charge is -2.09. The lowest BCUT2D eigenvalue weighted by molar-refractivity contribution is -0.274. The standard InChI is InChI=1S/C8H7F3N2O2.2CH4O3S/c9-8(10,11)15-6-3-1-5(2-4-6)13-7(12)14;2*1-5(2,3)4/h1-4H,(H3,12,13,14);2*1H3,(H,2,3,4). The normalized spacial score (nSPS) is 11.2. The minimum Gasteiger partial charge on any atom is -0.406 e. The van der Waals surface area contributed by atoms with Crippen molar-refractivity contribution >= 4 is 32.0 Å². The van der Waals surface area contributed by atoms with Gasteiger partial charge in [-0.15, -0.1) is 13.2 Å². The average Bonchev–Trinajstić information content (AvgIpc) is 2.24. The Labute approximate surface area is 141 Å². The van der Waals surface area contributed by atoms with Crippen LogP contribution in [-0.4, -0.2) is 50.8 Å². The number of halogens is 3. The molecule has 0 fully saturated rings. The number of amides is 2. The maximum atomic E-state index is 11.7. The van der Waals surface area contributed by atoms with Gasteiger partial charge in [-0.2, -0.15) is 16.8 Å². The van der Waals surface area contributed by atoms with E-state index in [1.54, 1.807) is 0 Å². The molecular weight excluding hydrogens is 397 g/mol. The van der Waals surface area contributed by atoms with Crippen LogP contribution in [0.3, 0.4) is 0 Å². The minimum absolute atomic E-state index is 0.289. The summed E-state index contributed by atoms with van der Waals surface area (Å²) in [4.78, 5) is 10.4. The highest BCUT2D eigenvalue weighted by molar-refractivity contribution is 7.85. The molecule has 0 bridgehead atoms. The van der Waals surface area contributed by atoms with Crippen molar-refractivity contribution in [3.05, 3.63) is 24.3 Å². The van der Waals surface area contributed by atoms with Gasteiger partial charge in [-0.1, -0.05) is 0 Å². The van der Waals surface area contributed by atoms with Crippen LogP contribution in [0.5, 0.6) is 5.75 Å². The second kappa shape index (κ2) is 10.0. The molecule has 0 heterocycles. The van der Waals surface area contributed by atoms with Crippen molar-refractivity contribution in [2.75, 3.05) is 17.8 Å². The number of anilines is 1. The molecule has 0 spiro atoms. The lowest BCUT2D eigenvalue weighted by Crippen LogP contribution is -2.19. The van der Waals surface area contributed by atoms with E-state index in [-0.39, 0.29) is 11.4 Å². The summed E-state index contributed by atoms with van der Waals surface area (Å²) in [5.41, 5.74) is 5.09. The SMILES string of the molecule is CS(=O)(=O)O.CS(=O)(=O)O.NC(=O)Nc1ccc(OC(F)(F)F)cc1. The molecule has 0 aliphatic heterocycles. The van der Waals surface area contributed by atoms with Gasteiger partial charge in [-0.3, -0.25) is 9.11 Å². The quantitative estimate of drug-likeness (QED) is 0.522. The van der Waals surface area contributed by atoms with Crippen molar-refractivity contribution in [2.45, 2.75) is 6.36 Å². The van der Waals surface area contributed by atoms with Gasteiger partial charge in [0.25, 0.3) is 20.2 Å². The minimum atomic E-state index is -4.72. The van der Waals surface area contributed by atoms with Crippen LogP contribution >= 0.6 is 0 Å². The van der Waals surface area contributed by atoms with Crippen LogP contribution in [0, 0.1) is 0 Å². The fourth-order valence-electron chi connectivity index (χ4n) is 0.882. The smallest absolute Gasteiger partial charge is 0.406 e. The third-order valence-electron chi connectivity index (χ3n) is 1.36. The molecule has 0 unspecified atom stereocenters. The maximum absolute atomic E-state index is 11.7. The van der Waals surface area contributed by atoms with Crippen LogP contribution in [0.25, 0.3) is 0 Å². The molecule has 0 atom stereocenters. The monoisotopic (exact) mass is 412 g/mol. The molecule has 0 aliphatic carbocycles. The van der Waals surface area contributed by atoms with E-state index < -0.39 is 32.6 Å². The Morgan fingerprint density at radius 2 is 1.36 bits per heavy atom. The fraction of sp³-hybridized carbons (Fsp3) is 0.300. The number of urea groups is 1. The maximum Gasteiger partial charge on any atom is 0.573 e. The first-order valence-corrected chi connectivity index (χ1v) is 9.33. The Kier molecular flexibility index (Phi) is 10.1. The number of hydrogen-bond acceptors (Lipinski definition) is 6. The summed E-state index contributed by atoms with van der Waals surface area (Å²) in [7, 11) is -7.33. The van der Waals surface area contributed by atoms with Crippen molar-refractivity contribution in [3.63, 3.8) is 0 Å². The molecular formula is C10H15F3N2O8S2. The van der Waals surface area contributed by atoms with Gasteiger partial charge < -0.3 is 15.8 Å². The van der Waals surface area contributed by atoms with E-state index in [2.05, 4.69) is 10.1 Å². The Balaban J connectivity index is 0. The number of primary amides is 1. The molecule has 1 aromatic carbocycles. The largest absolute Gasteiger partial charge is 0.573 e. The molecule has 2 amide bonds. The number of alkyl halides is 3. The van der Waals surface area contributed by atoms with E-state index in [0.717, 1.165) is 12.1 Å². The van der Waals surface area contributed by atoms with Gasteiger partial charge >= 0.3 is 12.4 Å². The Morgan fingerprint density at radius 3 is 1.60 bits per heavy atom. The molecule has 5 N–H and O–H groups in total. The zero-order valence-electron chi connectivity index (χ0n) is 12.7. The van der Waals surface area contributed by atoms with Crippen LogP contribution in [0.15, 0.2) is 24.3 Å². The molecule has 1 aromatic rings. The zero-order valence-corrected chi connectivity index (χ0v) is 14.3. The molecule has 1 rings (SSSR count). The van der Waals surface area contributed by atoms with E-state index in [9.17, 15) is 34.8 Å². The summed E-state index contributed by atoms with van der Waals surface area (Å²) in [6, 6.07) is 3.83. The van der Waals surface area contributed by atoms with E-state index in [4.69, 9.17) is 14.8 Å². The van der Waals surface area contributed by atoms with Crippen LogP contribution < -0.4 is 15.8 Å². The van der Waals surface area contributed by atoms with Crippen molar-refractivity contribution in [2.24, 2.45) is 5.73 Å². The first kappa shape index (κ1) is 25.1. The van der Waals surface area contributed by atoms with Gasteiger partial charge in [-0.25, -0.2) is 4.79 Å². The summed E-state index contributed by atoms with van der Waals surface area (Å²) in [6.07, 6.45) is -3.29. The third kappa shape index (κ3) is 30.4. The van der Waals surface area contributed by atoms with Gasteiger partial charge in [0.15, 0.2) is 0 Å². The highest BCUT2D eigenvalue weighted by Gasteiger charge is 2.30. The number of nitrogens with two attached hydrogens (primary N) is 1. The predicted molar refractivity (Wildman–Crippen MR) is 81.3 cm³/mol.